The summed E-state index contributed by atoms with van der Waals surface area (Å²) in [7, 11) is 0. The Kier molecular flexibility index (Phi) is 5.99. The largest absolute Gasteiger partial charge is 0.310 e. The lowest BCUT2D eigenvalue weighted by atomic mass is 9.77. The van der Waals surface area contributed by atoms with E-state index in [4.69, 9.17) is 0 Å². The molecule has 0 aromatic carbocycles. The zero-order chi connectivity index (χ0) is 14.5. The summed E-state index contributed by atoms with van der Waals surface area (Å²) >= 11 is 0. The molecule has 2 heteroatoms. The molecule has 0 aliphatic rings. The van der Waals surface area contributed by atoms with Crippen molar-refractivity contribution in [2.45, 2.75) is 60.4 Å². The molecule has 0 saturated carbocycles. The van der Waals surface area contributed by atoms with Crippen molar-refractivity contribution in [1.29, 1.82) is 0 Å². The van der Waals surface area contributed by atoms with Gasteiger partial charge >= 0.3 is 0 Å². The van der Waals surface area contributed by atoms with Gasteiger partial charge in [-0.05, 0) is 49.3 Å². The van der Waals surface area contributed by atoms with Crippen LogP contribution in [0.25, 0.3) is 0 Å². The fourth-order valence-corrected chi connectivity index (χ4v) is 2.05. The van der Waals surface area contributed by atoms with E-state index in [1.165, 1.54) is 12.0 Å². The Hall–Kier alpha value is -0.890. The summed E-state index contributed by atoms with van der Waals surface area (Å²) in [6.45, 7) is 14.6. The molecule has 2 unspecified atom stereocenters. The summed E-state index contributed by atoms with van der Waals surface area (Å²) in [5, 5.41) is 3.67. The van der Waals surface area contributed by atoms with Gasteiger partial charge in [-0.25, -0.2) is 0 Å². The van der Waals surface area contributed by atoms with Gasteiger partial charge in [0.05, 0.1) is 0 Å². The summed E-state index contributed by atoms with van der Waals surface area (Å²) < 4.78 is 0. The van der Waals surface area contributed by atoms with Crippen molar-refractivity contribution in [1.82, 2.24) is 10.3 Å². The lowest BCUT2D eigenvalue weighted by molar-refractivity contribution is 0.223. The number of nitrogens with one attached hydrogen (secondary N) is 1. The second kappa shape index (κ2) is 7.04. The molecule has 2 atom stereocenters. The van der Waals surface area contributed by atoms with E-state index >= 15 is 0 Å². The van der Waals surface area contributed by atoms with Gasteiger partial charge in [0.1, 0.15) is 0 Å². The molecule has 0 bridgehead atoms. The average molecular weight is 262 g/mol. The zero-order valence-electron chi connectivity index (χ0n) is 13.5. The van der Waals surface area contributed by atoms with Crippen molar-refractivity contribution in [2.24, 2.45) is 11.3 Å². The summed E-state index contributed by atoms with van der Waals surface area (Å²) in [6.07, 6.45) is 4.35. The monoisotopic (exact) mass is 262 g/mol. The Morgan fingerprint density at radius 2 is 1.95 bits per heavy atom. The van der Waals surface area contributed by atoms with E-state index in [1.54, 1.807) is 0 Å². The van der Waals surface area contributed by atoms with Crippen LogP contribution in [0.1, 0.15) is 64.8 Å². The number of pyridine rings is 1. The summed E-state index contributed by atoms with van der Waals surface area (Å²) in [5.41, 5.74) is 2.75. The van der Waals surface area contributed by atoms with Gasteiger partial charge in [-0.3, -0.25) is 4.98 Å². The Morgan fingerprint density at radius 1 is 1.26 bits per heavy atom. The van der Waals surface area contributed by atoms with Crippen molar-refractivity contribution >= 4 is 0 Å². The molecule has 19 heavy (non-hydrogen) atoms. The smallest absolute Gasteiger partial charge is 0.0372 e. The zero-order valence-corrected chi connectivity index (χ0v) is 13.5. The van der Waals surface area contributed by atoms with Crippen LogP contribution in [0.3, 0.4) is 0 Å². The molecule has 1 N–H and O–H groups in total. The van der Waals surface area contributed by atoms with E-state index in [0.717, 1.165) is 18.7 Å². The molecule has 0 aliphatic carbocycles. The summed E-state index contributed by atoms with van der Waals surface area (Å²) in [6, 6.07) is 4.74. The first-order valence-electron chi connectivity index (χ1n) is 7.50. The number of aromatic nitrogens is 1. The van der Waals surface area contributed by atoms with Crippen molar-refractivity contribution in [3.63, 3.8) is 0 Å². The highest BCUT2D eigenvalue weighted by atomic mass is 14.9. The summed E-state index contributed by atoms with van der Waals surface area (Å²) in [4.78, 5) is 4.44. The van der Waals surface area contributed by atoms with Gasteiger partial charge in [-0.1, -0.05) is 40.7 Å². The van der Waals surface area contributed by atoms with Crippen LogP contribution in [0, 0.1) is 18.3 Å². The predicted octanol–water partition coefficient (Wildman–Crippen LogP) is 4.50. The molecule has 0 radical (unpaired) electrons. The van der Waals surface area contributed by atoms with Crippen molar-refractivity contribution in [2.75, 3.05) is 6.54 Å². The van der Waals surface area contributed by atoms with E-state index in [-0.39, 0.29) is 0 Å². The second-order valence-electron chi connectivity index (χ2n) is 6.74. The summed E-state index contributed by atoms with van der Waals surface area (Å²) in [5.74, 6) is 0.670. The van der Waals surface area contributed by atoms with E-state index < -0.39 is 0 Å². The van der Waals surface area contributed by atoms with Gasteiger partial charge in [0, 0.05) is 17.9 Å². The van der Waals surface area contributed by atoms with Crippen LogP contribution in [-0.4, -0.2) is 11.5 Å². The Labute approximate surface area is 119 Å². The van der Waals surface area contributed by atoms with Gasteiger partial charge in [-0.2, -0.15) is 0 Å². The first kappa shape index (κ1) is 16.2. The van der Waals surface area contributed by atoms with Gasteiger partial charge in [0.2, 0.25) is 0 Å². The van der Waals surface area contributed by atoms with Gasteiger partial charge in [-0.15, -0.1) is 0 Å². The number of hydrogen-bond donors (Lipinski definition) is 1. The number of aryl methyl sites for hydroxylation is 1. The maximum absolute atomic E-state index is 4.44. The van der Waals surface area contributed by atoms with Crippen molar-refractivity contribution < 1.29 is 0 Å². The first-order chi connectivity index (χ1) is 8.84. The maximum Gasteiger partial charge on any atom is 0.0372 e. The van der Waals surface area contributed by atoms with Crippen LogP contribution in [0.15, 0.2) is 18.3 Å². The van der Waals surface area contributed by atoms with Crippen LogP contribution in [0.5, 0.6) is 0 Å². The second-order valence-corrected chi connectivity index (χ2v) is 6.74. The minimum atomic E-state index is 0.351. The standard InChI is InChI=1S/C17H30N2/c1-7-10-18-16(11-13(2)17(4,5)6)15-9-8-14(3)19-12-15/h8-9,12-13,16,18H,7,10-11H2,1-6H3. The van der Waals surface area contributed by atoms with E-state index in [1.807, 2.05) is 13.1 Å². The fourth-order valence-electron chi connectivity index (χ4n) is 2.05. The highest BCUT2D eigenvalue weighted by Crippen LogP contribution is 2.33. The number of hydrogen-bond acceptors (Lipinski definition) is 2. The Balaban J connectivity index is 2.79. The molecule has 1 rings (SSSR count). The van der Waals surface area contributed by atoms with E-state index in [9.17, 15) is 0 Å². The highest BCUT2D eigenvalue weighted by molar-refractivity contribution is 5.17. The molecule has 1 aromatic heterocycles. The number of rotatable bonds is 6. The molecule has 0 fully saturated rings. The SMILES string of the molecule is CCCNC(CC(C)C(C)(C)C)c1ccc(C)nc1. The Morgan fingerprint density at radius 3 is 2.42 bits per heavy atom. The molecule has 2 nitrogen and oxygen atoms in total. The van der Waals surface area contributed by atoms with Crippen LogP contribution in [0.2, 0.25) is 0 Å². The molecule has 1 aromatic rings. The van der Waals surface area contributed by atoms with Crippen LogP contribution in [-0.2, 0) is 0 Å². The quantitative estimate of drug-likeness (QED) is 0.816. The lowest BCUT2D eigenvalue weighted by Gasteiger charge is -2.31. The lowest BCUT2D eigenvalue weighted by Crippen LogP contribution is -2.28. The van der Waals surface area contributed by atoms with Crippen LogP contribution < -0.4 is 5.32 Å². The third-order valence-corrected chi connectivity index (χ3v) is 4.05. The molecule has 0 saturated heterocycles. The van der Waals surface area contributed by atoms with Gasteiger partial charge < -0.3 is 5.32 Å². The molecule has 0 aliphatic heterocycles. The van der Waals surface area contributed by atoms with Gasteiger partial charge in [0.25, 0.3) is 0 Å². The number of nitrogens with zero attached hydrogens (tertiary/aromatic N) is 1. The van der Waals surface area contributed by atoms with Crippen molar-refractivity contribution in [3.8, 4) is 0 Å². The maximum atomic E-state index is 4.44. The molecule has 0 spiro atoms. The normalized spacial score (nSPS) is 15.3. The van der Waals surface area contributed by atoms with Crippen LogP contribution in [0.4, 0.5) is 0 Å². The predicted molar refractivity (Wildman–Crippen MR) is 83.2 cm³/mol. The minimum absolute atomic E-state index is 0.351. The van der Waals surface area contributed by atoms with E-state index in [0.29, 0.717) is 17.4 Å². The minimum Gasteiger partial charge on any atom is -0.310 e. The molecular formula is C17H30N2. The first-order valence-corrected chi connectivity index (χ1v) is 7.50. The van der Waals surface area contributed by atoms with Gasteiger partial charge in [0.15, 0.2) is 0 Å². The third-order valence-electron chi connectivity index (χ3n) is 4.05. The molecule has 1 heterocycles. The van der Waals surface area contributed by atoms with E-state index in [2.05, 4.69) is 57.1 Å². The highest BCUT2D eigenvalue weighted by Gasteiger charge is 2.24. The fraction of sp³-hybridized carbons (Fsp3) is 0.706. The third kappa shape index (κ3) is 5.32. The molecule has 108 valence electrons. The van der Waals surface area contributed by atoms with Crippen molar-refractivity contribution in [3.05, 3.63) is 29.6 Å². The average Bonchev–Trinajstić information content (AvgIpc) is 2.34. The molecule has 0 amide bonds. The topological polar surface area (TPSA) is 24.9 Å². The Bertz CT molecular complexity index is 362. The molecular weight excluding hydrogens is 232 g/mol. The van der Waals surface area contributed by atoms with Crippen LogP contribution >= 0.6 is 0 Å².